The van der Waals surface area contributed by atoms with Crippen molar-refractivity contribution in [2.75, 3.05) is 23.7 Å². The summed E-state index contributed by atoms with van der Waals surface area (Å²) in [6.07, 6.45) is -4.50. The van der Waals surface area contributed by atoms with Gasteiger partial charge < -0.3 is 10.6 Å². The Labute approximate surface area is 119 Å². The SMILES string of the molecule is CC1CN(c2nc(C(F)(F)F)ccc2C(=N)N)CCS1. The number of nitrogens with one attached hydrogen (secondary N) is 1. The van der Waals surface area contributed by atoms with Crippen molar-refractivity contribution >= 4 is 23.4 Å². The van der Waals surface area contributed by atoms with Crippen molar-refractivity contribution in [2.45, 2.75) is 18.3 Å². The Bertz CT molecular complexity index is 518. The van der Waals surface area contributed by atoms with Crippen LogP contribution in [0.2, 0.25) is 0 Å². The second kappa shape index (κ2) is 5.51. The van der Waals surface area contributed by atoms with Gasteiger partial charge in [-0.2, -0.15) is 24.9 Å². The molecule has 0 spiro atoms. The number of halogens is 3. The van der Waals surface area contributed by atoms with E-state index in [4.69, 9.17) is 11.1 Å². The third-order valence-electron chi connectivity index (χ3n) is 3.00. The predicted octanol–water partition coefficient (Wildman–Crippen LogP) is 2.33. The van der Waals surface area contributed by atoms with Crippen LogP contribution in [0.5, 0.6) is 0 Å². The van der Waals surface area contributed by atoms with Crippen LogP contribution < -0.4 is 10.6 Å². The normalized spacial score (nSPS) is 20.0. The van der Waals surface area contributed by atoms with Gasteiger partial charge in [0.2, 0.25) is 0 Å². The molecule has 110 valence electrons. The van der Waals surface area contributed by atoms with Crippen LogP contribution in [-0.4, -0.2) is 34.9 Å². The standard InChI is InChI=1S/C12H15F3N4S/c1-7-6-19(4-5-20-7)11-8(10(16)17)2-3-9(18-11)12(13,14)15/h2-3,7H,4-6H2,1H3,(H3,16,17). The maximum Gasteiger partial charge on any atom is 0.433 e. The highest BCUT2D eigenvalue weighted by molar-refractivity contribution is 8.00. The van der Waals surface area contributed by atoms with Gasteiger partial charge in [0.05, 0.1) is 5.56 Å². The maximum atomic E-state index is 12.8. The van der Waals surface area contributed by atoms with Crippen molar-refractivity contribution in [2.24, 2.45) is 5.73 Å². The van der Waals surface area contributed by atoms with Crippen LogP contribution in [0.15, 0.2) is 12.1 Å². The van der Waals surface area contributed by atoms with Gasteiger partial charge in [-0.3, -0.25) is 5.41 Å². The molecule has 0 bridgehead atoms. The van der Waals surface area contributed by atoms with Gasteiger partial charge in [-0.25, -0.2) is 4.98 Å². The van der Waals surface area contributed by atoms with Gasteiger partial charge in [0.1, 0.15) is 17.3 Å². The van der Waals surface area contributed by atoms with E-state index >= 15 is 0 Å². The van der Waals surface area contributed by atoms with Crippen LogP contribution in [0.25, 0.3) is 0 Å². The molecule has 1 saturated heterocycles. The summed E-state index contributed by atoms with van der Waals surface area (Å²) >= 11 is 1.76. The van der Waals surface area contributed by atoms with E-state index in [1.54, 1.807) is 16.7 Å². The monoisotopic (exact) mass is 304 g/mol. The average molecular weight is 304 g/mol. The number of nitrogen functional groups attached to an aromatic ring is 1. The molecule has 1 aliphatic heterocycles. The van der Waals surface area contributed by atoms with Crippen molar-refractivity contribution in [1.82, 2.24) is 4.98 Å². The molecule has 0 aromatic carbocycles. The third kappa shape index (κ3) is 3.17. The Kier molecular flexibility index (Phi) is 4.12. The molecule has 3 N–H and O–H groups in total. The number of nitrogens with two attached hydrogens (primary N) is 1. The van der Waals surface area contributed by atoms with E-state index in [2.05, 4.69) is 4.98 Å². The first-order valence-corrected chi connectivity index (χ1v) is 7.13. The number of hydrogen-bond acceptors (Lipinski definition) is 4. The van der Waals surface area contributed by atoms with Crippen LogP contribution in [0.3, 0.4) is 0 Å². The van der Waals surface area contributed by atoms with E-state index in [0.29, 0.717) is 18.3 Å². The van der Waals surface area contributed by atoms with Crippen LogP contribution >= 0.6 is 11.8 Å². The largest absolute Gasteiger partial charge is 0.433 e. The van der Waals surface area contributed by atoms with E-state index in [0.717, 1.165) is 11.8 Å². The van der Waals surface area contributed by atoms with Gasteiger partial charge in [0.25, 0.3) is 0 Å². The number of thioether (sulfide) groups is 1. The fourth-order valence-electron chi connectivity index (χ4n) is 2.07. The number of amidine groups is 1. The fraction of sp³-hybridized carbons (Fsp3) is 0.500. The molecule has 4 nitrogen and oxygen atoms in total. The molecule has 0 aliphatic carbocycles. The molecule has 0 saturated carbocycles. The Morgan fingerprint density at radius 3 is 2.75 bits per heavy atom. The Morgan fingerprint density at radius 2 is 2.20 bits per heavy atom. The molecule has 8 heteroatoms. The van der Waals surface area contributed by atoms with Gasteiger partial charge in [-0.1, -0.05) is 6.92 Å². The lowest BCUT2D eigenvalue weighted by atomic mass is 10.2. The van der Waals surface area contributed by atoms with E-state index in [1.807, 2.05) is 6.92 Å². The van der Waals surface area contributed by atoms with Crippen LogP contribution in [0.4, 0.5) is 19.0 Å². The number of rotatable bonds is 2. The molecular weight excluding hydrogens is 289 g/mol. The highest BCUT2D eigenvalue weighted by Gasteiger charge is 2.34. The molecular formula is C12H15F3N4S. The number of anilines is 1. The zero-order valence-corrected chi connectivity index (χ0v) is 11.7. The highest BCUT2D eigenvalue weighted by Crippen LogP contribution is 2.32. The lowest BCUT2D eigenvalue weighted by Gasteiger charge is -2.33. The molecule has 1 atom stereocenters. The third-order valence-corrected chi connectivity index (χ3v) is 4.13. The van der Waals surface area contributed by atoms with Gasteiger partial charge in [-0.05, 0) is 12.1 Å². The number of nitrogens with zero attached hydrogens (tertiary/aromatic N) is 2. The molecule has 2 rings (SSSR count). The van der Waals surface area contributed by atoms with E-state index in [1.165, 1.54) is 6.07 Å². The molecule has 1 unspecified atom stereocenters. The summed E-state index contributed by atoms with van der Waals surface area (Å²) in [6, 6.07) is 2.09. The van der Waals surface area contributed by atoms with Gasteiger partial charge in [-0.15, -0.1) is 0 Å². The number of alkyl halides is 3. The zero-order valence-electron chi connectivity index (χ0n) is 10.9. The number of aromatic nitrogens is 1. The van der Waals surface area contributed by atoms with Gasteiger partial charge in [0, 0.05) is 24.1 Å². The van der Waals surface area contributed by atoms with Gasteiger partial charge in [0.15, 0.2) is 0 Å². The quantitative estimate of drug-likeness (QED) is 0.650. The summed E-state index contributed by atoms with van der Waals surface area (Å²) in [7, 11) is 0. The molecule has 2 heterocycles. The molecule has 1 aliphatic rings. The second-order valence-corrected chi connectivity index (χ2v) is 6.15. The minimum atomic E-state index is -4.50. The van der Waals surface area contributed by atoms with E-state index < -0.39 is 11.9 Å². The topological polar surface area (TPSA) is 66.0 Å². The molecule has 1 fully saturated rings. The van der Waals surface area contributed by atoms with Crippen molar-refractivity contribution in [3.63, 3.8) is 0 Å². The zero-order chi connectivity index (χ0) is 14.9. The summed E-state index contributed by atoms with van der Waals surface area (Å²) in [5.74, 6) is 0.697. The Balaban J connectivity index is 2.44. The average Bonchev–Trinajstić information content (AvgIpc) is 2.37. The summed E-state index contributed by atoms with van der Waals surface area (Å²) in [6.45, 7) is 3.21. The maximum absolute atomic E-state index is 12.8. The molecule has 0 amide bonds. The van der Waals surface area contributed by atoms with Crippen molar-refractivity contribution in [3.8, 4) is 0 Å². The Morgan fingerprint density at radius 1 is 1.50 bits per heavy atom. The first-order valence-electron chi connectivity index (χ1n) is 6.08. The lowest BCUT2D eigenvalue weighted by Crippen LogP contribution is -2.38. The molecule has 20 heavy (non-hydrogen) atoms. The van der Waals surface area contributed by atoms with E-state index in [-0.39, 0.29) is 17.2 Å². The summed E-state index contributed by atoms with van der Waals surface area (Å²) in [4.78, 5) is 5.47. The number of pyridine rings is 1. The fourth-order valence-corrected chi connectivity index (χ4v) is 3.08. The van der Waals surface area contributed by atoms with Gasteiger partial charge >= 0.3 is 6.18 Å². The summed E-state index contributed by atoms with van der Waals surface area (Å²) in [5.41, 5.74) is 4.74. The van der Waals surface area contributed by atoms with Crippen molar-refractivity contribution in [3.05, 3.63) is 23.4 Å². The lowest BCUT2D eigenvalue weighted by molar-refractivity contribution is -0.141. The summed E-state index contributed by atoms with van der Waals surface area (Å²) < 4.78 is 38.3. The minimum Gasteiger partial charge on any atom is -0.384 e. The number of hydrogen-bond donors (Lipinski definition) is 2. The second-order valence-electron chi connectivity index (χ2n) is 4.61. The molecule has 1 aromatic rings. The first kappa shape index (κ1) is 15.0. The van der Waals surface area contributed by atoms with Crippen LogP contribution in [-0.2, 0) is 6.18 Å². The van der Waals surface area contributed by atoms with Crippen molar-refractivity contribution in [1.29, 1.82) is 5.41 Å². The Hall–Kier alpha value is -1.44. The molecule has 0 radical (unpaired) electrons. The minimum absolute atomic E-state index is 0.152. The predicted molar refractivity (Wildman–Crippen MR) is 74.4 cm³/mol. The molecule has 1 aromatic heterocycles. The van der Waals surface area contributed by atoms with Crippen LogP contribution in [0, 0.1) is 5.41 Å². The van der Waals surface area contributed by atoms with E-state index in [9.17, 15) is 13.2 Å². The van der Waals surface area contributed by atoms with Crippen molar-refractivity contribution < 1.29 is 13.2 Å². The van der Waals surface area contributed by atoms with Crippen LogP contribution in [0.1, 0.15) is 18.2 Å². The highest BCUT2D eigenvalue weighted by atomic mass is 32.2. The first-order chi connectivity index (χ1) is 9.29. The smallest absolute Gasteiger partial charge is 0.384 e. The summed E-state index contributed by atoms with van der Waals surface area (Å²) in [5, 5.41) is 7.80.